The summed E-state index contributed by atoms with van der Waals surface area (Å²) in [6, 6.07) is 1.96. The lowest BCUT2D eigenvalue weighted by molar-refractivity contribution is -0.143. The van der Waals surface area contributed by atoms with Crippen molar-refractivity contribution in [2.75, 3.05) is 11.9 Å². The molecule has 1 fully saturated rings. The fraction of sp³-hybridized carbons (Fsp3) is 0.375. The Bertz CT molecular complexity index is 1490. The van der Waals surface area contributed by atoms with Crippen molar-refractivity contribution in [2.24, 2.45) is 11.1 Å². The van der Waals surface area contributed by atoms with Crippen molar-refractivity contribution < 1.29 is 48.8 Å². The van der Waals surface area contributed by atoms with E-state index in [-0.39, 0.29) is 41.7 Å². The quantitative estimate of drug-likeness (QED) is 0.248. The van der Waals surface area contributed by atoms with Gasteiger partial charge >= 0.3 is 22.7 Å². The zero-order valence-corrected chi connectivity index (χ0v) is 21.7. The van der Waals surface area contributed by atoms with Gasteiger partial charge in [-0.2, -0.15) is 34.8 Å². The molecule has 41 heavy (non-hydrogen) atoms. The molecule has 0 spiro atoms. The summed E-state index contributed by atoms with van der Waals surface area (Å²) < 4.78 is 107. The van der Waals surface area contributed by atoms with Crippen molar-refractivity contribution in [3.05, 3.63) is 77.0 Å². The Labute approximate surface area is 229 Å². The molecule has 3 atom stereocenters. The lowest BCUT2D eigenvalue weighted by Crippen LogP contribution is -2.35. The van der Waals surface area contributed by atoms with Gasteiger partial charge in [-0.15, -0.1) is 0 Å². The van der Waals surface area contributed by atoms with Crippen LogP contribution in [0.2, 0.25) is 0 Å². The molecule has 0 radical (unpaired) electrons. The second-order valence-corrected chi connectivity index (χ2v) is 10.7. The number of rotatable bonds is 9. The number of hydrogen-bond acceptors (Lipinski definition) is 8. The number of nitrogens with two attached hydrogens (primary N) is 1. The van der Waals surface area contributed by atoms with Crippen molar-refractivity contribution in [1.29, 1.82) is 0 Å². The number of ketones is 1. The highest BCUT2D eigenvalue weighted by Gasteiger charge is 2.38. The lowest BCUT2D eigenvalue weighted by Gasteiger charge is -2.21. The molecule has 2 heterocycles. The Balaban J connectivity index is 1.51. The van der Waals surface area contributed by atoms with Crippen LogP contribution in [0, 0.1) is 5.92 Å². The molecule has 17 heteroatoms. The minimum atomic E-state index is -4.99. The molecule has 1 aliphatic carbocycles. The second-order valence-electron chi connectivity index (χ2n) is 9.46. The number of hydrogen-bond donors (Lipinski definition) is 3. The number of aromatic nitrogens is 3. The Hall–Kier alpha value is -3.54. The first kappa shape index (κ1) is 30.4. The summed E-state index contributed by atoms with van der Waals surface area (Å²) >= 11 is 0. The fourth-order valence-corrected chi connectivity index (χ4v) is 4.89. The van der Waals surface area contributed by atoms with Gasteiger partial charge in [0.2, 0.25) is 0 Å². The SMILES string of the molecule is NS(=O)(=O)OC[C@H]1CCC(Nc2ncncc2C(=O)c2ccn(Cc3cc(C(F)(F)F)cc(C(F)(F)F)c3)c2)[C@@H]1O. The van der Waals surface area contributed by atoms with Crippen molar-refractivity contribution >= 4 is 21.9 Å². The Morgan fingerprint density at radius 1 is 1.12 bits per heavy atom. The maximum absolute atomic E-state index is 13.2. The first-order chi connectivity index (χ1) is 19.0. The van der Waals surface area contributed by atoms with Crippen LogP contribution >= 0.6 is 0 Å². The number of anilines is 1. The van der Waals surface area contributed by atoms with E-state index in [0.29, 0.717) is 25.0 Å². The van der Waals surface area contributed by atoms with Gasteiger partial charge in [-0.05, 0) is 42.7 Å². The zero-order valence-electron chi connectivity index (χ0n) is 20.9. The number of nitrogens with zero attached hydrogens (tertiary/aromatic N) is 3. The third-order valence-electron chi connectivity index (χ3n) is 6.49. The molecular weight excluding hydrogens is 584 g/mol. The molecule has 10 nitrogen and oxygen atoms in total. The van der Waals surface area contributed by atoms with Gasteiger partial charge in [0, 0.05) is 36.6 Å². The maximum atomic E-state index is 13.2. The maximum Gasteiger partial charge on any atom is 0.416 e. The van der Waals surface area contributed by atoms with E-state index in [4.69, 9.17) is 5.14 Å². The Kier molecular flexibility index (Phi) is 8.45. The highest BCUT2D eigenvalue weighted by molar-refractivity contribution is 7.84. The molecule has 4 rings (SSSR count). The average molecular weight is 608 g/mol. The summed E-state index contributed by atoms with van der Waals surface area (Å²) in [4.78, 5) is 21.1. The Morgan fingerprint density at radius 2 is 1.78 bits per heavy atom. The molecular formula is C24H23F6N5O5S. The smallest absolute Gasteiger partial charge is 0.391 e. The molecule has 0 bridgehead atoms. The van der Waals surface area contributed by atoms with E-state index in [1.54, 1.807) is 0 Å². The minimum Gasteiger partial charge on any atom is -0.391 e. The van der Waals surface area contributed by atoms with Gasteiger partial charge in [-0.25, -0.2) is 15.1 Å². The molecule has 0 aliphatic heterocycles. The van der Waals surface area contributed by atoms with Gasteiger partial charge in [-0.3, -0.25) is 8.98 Å². The van der Waals surface area contributed by atoms with Crippen LogP contribution in [0.1, 0.15) is 45.5 Å². The number of halogens is 6. The molecule has 1 aromatic carbocycles. The van der Waals surface area contributed by atoms with E-state index in [1.165, 1.54) is 29.2 Å². The Morgan fingerprint density at radius 3 is 2.39 bits per heavy atom. The van der Waals surface area contributed by atoms with Gasteiger partial charge in [0.1, 0.15) is 12.1 Å². The molecule has 1 aliphatic rings. The van der Waals surface area contributed by atoms with Crippen LogP contribution in [-0.2, 0) is 33.4 Å². The first-order valence-electron chi connectivity index (χ1n) is 11.9. The molecule has 4 N–H and O–H groups in total. The summed E-state index contributed by atoms with van der Waals surface area (Å²) in [7, 11) is -4.19. The minimum absolute atomic E-state index is 0.0138. The van der Waals surface area contributed by atoms with Gasteiger partial charge in [0.05, 0.1) is 35.4 Å². The second kappa shape index (κ2) is 11.4. The number of alkyl halides is 6. The van der Waals surface area contributed by atoms with Gasteiger partial charge in [-0.1, -0.05) is 0 Å². The van der Waals surface area contributed by atoms with Gasteiger partial charge < -0.3 is 15.0 Å². The predicted octanol–water partition coefficient (Wildman–Crippen LogP) is 3.37. The van der Waals surface area contributed by atoms with E-state index >= 15 is 0 Å². The van der Waals surface area contributed by atoms with Crippen LogP contribution in [0.5, 0.6) is 0 Å². The highest BCUT2D eigenvalue weighted by atomic mass is 32.2. The van der Waals surface area contributed by atoms with Crippen LogP contribution in [0.15, 0.2) is 49.2 Å². The summed E-state index contributed by atoms with van der Waals surface area (Å²) in [5.41, 5.74) is -3.13. The van der Waals surface area contributed by atoms with Crippen molar-refractivity contribution in [2.45, 2.75) is 43.9 Å². The van der Waals surface area contributed by atoms with E-state index in [0.717, 1.165) is 6.33 Å². The average Bonchev–Trinajstić information content (AvgIpc) is 3.47. The third kappa shape index (κ3) is 7.60. The predicted molar refractivity (Wildman–Crippen MR) is 131 cm³/mol. The monoisotopic (exact) mass is 607 g/mol. The number of nitrogens with one attached hydrogen (secondary N) is 1. The van der Waals surface area contributed by atoms with Crippen LogP contribution in [0.4, 0.5) is 32.2 Å². The third-order valence-corrected chi connectivity index (χ3v) is 6.96. The normalized spacial score (nSPS) is 19.9. The van der Waals surface area contributed by atoms with E-state index in [2.05, 4.69) is 19.5 Å². The topological polar surface area (TPSA) is 149 Å². The van der Waals surface area contributed by atoms with E-state index in [9.17, 15) is 44.7 Å². The van der Waals surface area contributed by atoms with E-state index < -0.39 is 57.6 Å². The molecule has 3 aromatic rings. The summed E-state index contributed by atoms with van der Waals surface area (Å²) in [5.74, 6) is -1.11. The number of carbonyl (C=O) groups is 1. The highest BCUT2D eigenvalue weighted by Crippen LogP contribution is 2.36. The zero-order chi connectivity index (χ0) is 30.2. The lowest BCUT2D eigenvalue weighted by atomic mass is 10.0. The van der Waals surface area contributed by atoms with Crippen molar-refractivity contribution in [3.63, 3.8) is 0 Å². The number of aliphatic hydroxyl groups is 1. The molecule has 1 saturated carbocycles. The number of aliphatic hydroxyl groups excluding tert-OH is 1. The van der Waals surface area contributed by atoms with Crippen LogP contribution in [0.3, 0.4) is 0 Å². The summed E-state index contributed by atoms with van der Waals surface area (Å²) in [6.07, 6.45) is -5.34. The molecule has 2 aromatic heterocycles. The summed E-state index contributed by atoms with van der Waals surface area (Å²) in [6.45, 7) is -0.718. The fourth-order valence-electron chi connectivity index (χ4n) is 4.52. The standard InChI is InChI=1S/C24H23F6N5O5S/c25-23(26,27)16-5-13(6-17(7-16)24(28,29)30)9-35-4-3-14(10-35)20(36)18-8-32-12-33-22(18)34-19-2-1-15(21(19)37)11-40-41(31,38)39/h3-8,10,12,15,19,21,37H,1-2,9,11H2,(H2,31,38,39)(H,32,33,34)/t15-,19?,21-/m1/s1. The molecule has 0 amide bonds. The van der Waals surface area contributed by atoms with E-state index in [1.807, 2.05) is 0 Å². The summed E-state index contributed by atoms with van der Waals surface area (Å²) in [5, 5.41) is 18.4. The largest absolute Gasteiger partial charge is 0.416 e. The van der Waals surface area contributed by atoms with Crippen molar-refractivity contribution in [3.8, 4) is 0 Å². The first-order valence-corrected chi connectivity index (χ1v) is 13.4. The molecule has 0 saturated heterocycles. The van der Waals surface area contributed by atoms with Crippen LogP contribution in [-0.4, -0.2) is 52.6 Å². The number of carbonyl (C=O) groups excluding carboxylic acids is 1. The van der Waals surface area contributed by atoms with Crippen molar-refractivity contribution in [1.82, 2.24) is 14.5 Å². The van der Waals surface area contributed by atoms with Crippen LogP contribution < -0.4 is 10.5 Å². The number of benzene rings is 1. The van der Waals surface area contributed by atoms with Crippen LogP contribution in [0.25, 0.3) is 0 Å². The molecule has 1 unspecified atom stereocenters. The van der Waals surface area contributed by atoms with Gasteiger partial charge in [0.15, 0.2) is 5.78 Å². The van der Waals surface area contributed by atoms with Gasteiger partial charge in [0.25, 0.3) is 0 Å². The molecule has 222 valence electrons.